The zero-order valence-corrected chi connectivity index (χ0v) is 23.3. The predicted molar refractivity (Wildman–Crippen MR) is 162 cm³/mol. The summed E-state index contributed by atoms with van der Waals surface area (Å²) in [4.78, 5) is 30.1. The van der Waals surface area contributed by atoms with Crippen molar-refractivity contribution in [3.63, 3.8) is 0 Å². The van der Waals surface area contributed by atoms with Crippen LogP contribution >= 0.6 is 0 Å². The molecule has 0 radical (unpaired) electrons. The van der Waals surface area contributed by atoms with Gasteiger partial charge >= 0.3 is 0 Å². The number of nitrogens with one attached hydrogen (secondary N) is 1. The van der Waals surface area contributed by atoms with Gasteiger partial charge in [0.2, 0.25) is 11.8 Å². The highest BCUT2D eigenvalue weighted by atomic mass is 16.3. The molecule has 8 nitrogen and oxygen atoms in total. The largest absolute Gasteiger partial charge is 0.494 e. The van der Waals surface area contributed by atoms with Gasteiger partial charge in [0, 0.05) is 53.8 Å². The minimum absolute atomic E-state index is 0.0473. The third-order valence-electron chi connectivity index (χ3n) is 9.21. The third-order valence-corrected chi connectivity index (χ3v) is 9.21. The molecule has 5 aromatic rings. The first-order chi connectivity index (χ1) is 20.5. The van der Waals surface area contributed by atoms with E-state index in [0.717, 1.165) is 58.5 Å². The molecule has 0 bridgehead atoms. The minimum Gasteiger partial charge on any atom is -0.494 e. The molecule has 1 saturated carbocycles. The summed E-state index contributed by atoms with van der Waals surface area (Å²) in [5, 5.41) is 12.0. The highest BCUT2D eigenvalue weighted by molar-refractivity contribution is 6.22. The van der Waals surface area contributed by atoms with Gasteiger partial charge in [0.1, 0.15) is 6.26 Å². The van der Waals surface area contributed by atoms with Gasteiger partial charge in [0.15, 0.2) is 5.88 Å². The molecule has 3 aliphatic rings. The van der Waals surface area contributed by atoms with E-state index in [2.05, 4.69) is 28.0 Å². The zero-order valence-electron chi connectivity index (χ0n) is 23.3. The fraction of sp³-hybridized carbons (Fsp3) is 0.265. The lowest BCUT2D eigenvalue weighted by Gasteiger charge is -2.19. The number of oxazole rings is 1. The maximum atomic E-state index is 13.3. The van der Waals surface area contributed by atoms with Crippen LogP contribution in [-0.2, 0) is 11.2 Å². The molecule has 0 spiro atoms. The van der Waals surface area contributed by atoms with Crippen LogP contribution in [0, 0.1) is 17.8 Å². The number of fused-ring (bicyclic) bond motifs is 3. The normalized spacial score (nSPS) is 21.6. The summed E-state index contributed by atoms with van der Waals surface area (Å²) in [6, 6.07) is 21.8. The first kappa shape index (κ1) is 25.1. The Bertz CT molecular complexity index is 1830. The number of aromatic nitrogens is 2. The maximum Gasteiger partial charge on any atom is 0.227 e. The molecule has 2 unspecified atom stereocenters. The number of amides is 1. The number of benzene rings is 3. The van der Waals surface area contributed by atoms with Crippen molar-refractivity contribution in [2.45, 2.75) is 12.8 Å². The first-order valence-corrected chi connectivity index (χ1v) is 14.5. The number of hydrogen-bond donors (Lipinski definition) is 2. The number of rotatable bonds is 6. The van der Waals surface area contributed by atoms with Crippen LogP contribution in [0.1, 0.15) is 23.1 Å². The van der Waals surface area contributed by atoms with E-state index in [1.54, 1.807) is 12.5 Å². The highest BCUT2D eigenvalue weighted by Gasteiger charge is 2.55. The Morgan fingerprint density at radius 3 is 2.71 bits per heavy atom. The van der Waals surface area contributed by atoms with E-state index in [1.165, 1.54) is 0 Å². The van der Waals surface area contributed by atoms with Crippen LogP contribution in [0.3, 0.4) is 0 Å². The van der Waals surface area contributed by atoms with E-state index in [-0.39, 0.29) is 11.8 Å². The molecule has 1 amide bonds. The molecule has 8 rings (SSSR count). The second-order valence-corrected chi connectivity index (χ2v) is 11.8. The average molecular weight is 558 g/mol. The molecule has 1 saturated heterocycles. The van der Waals surface area contributed by atoms with Crippen molar-refractivity contribution in [3.8, 4) is 17.3 Å². The standard InChI is InChI=1S/C34H31N5O3/c1-38-18-26-25(27(26)19-38)17-30(40)39-13-11-21-15-23(8-10-29(21)39)36-32(20-5-3-2-4-6-20)31-24-9-7-22(34-35-12-14-42-34)16-28(24)37-33(31)41/h2-10,12,14-16,25-27,37,41H,11,13,17-19H2,1H3. The number of anilines is 1. The molecule has 210 valence electrons. The molecule has 8 heteroatoms. The molecule has 42 heavy (non-hydrogen) atoms. The van der Waals surface area contributed by atoms with Crippen molar-refractivity contribution in [3.05, 3.63) is 95.9 Å². The van der Waals surface area contributed by atoms with E-state index in [4.69, 9.17) is 9.41 Å². The molecule has 2 fully saturated rings. The van der Waals surface area contributed by atoms with Crippen LogP contribution in [0.2, 0.25) is 0 Å². The van der Waals surface area contributed by atoms with Gasteiger partial charge in [0.25, 0.3) is 0 Å². The highest BCUT2D eigenvalue weighted by Crippen LogP contribution is 2.53. The number of carbonyl (C=O) groups excluding carboxylic acids is 1. The second kappa shape index (κ2) is 9.70. The van der Waals surface area contributed by atoms with E-state index < -0.39 is 0 Å². The monoisotopic (exact) mass is 557 g/mol. The van der Waals surface area contributed by atoms with Gasteiger partial charge in [-0.05, 0) is 67.1 Å². The van der Waals surface area contributed by atoms with Crippen LogP contribution in [0.4, 0.5) is 11.4 Å². The number of aromatic amines is 1. The second-order valence-electron chi connectivity index (χ2n) is 11.8. The van der Waals surface area contributed by atoms with Gasteiger partial charge in [-0.3, -0.25) is 4.79 Å². The zero-order chi connectivity index (χ0) is 28.4. The summed E-state index contributed by atoms with van der Waals surface area (Å²) in [6.45, 7) is 2.96. The number of aliphatic imine (C=N–C) groups is 1. The number of aromatic hydroxyl groups is 1. The van der Waals surface area contributed by atoms with E-state index in [0.29, 0.717) is 47.9 Å². The summed E-state index contributed by atoms with van der Waals surface area (Å²) < 4.78 is 5.47. The Kier molecular flexibility index (Phi) is 5.79. The van der Waals surface area contributed by atoms with Crippen molar-refractivity contribution in [2.24, 2.45) is 22.7 Å². The number of carbonyl (C=O) groups is 1. The Balaban J connectivity index is 1.12. The number of likely N-dealkylation sites (tertiary alicyclic amines) is 1. The summed E-state index contributed by atoms with van der Waals surface area (Å²) in [6.07, 6.45) is 4.62. The van der Waals surface area contributed by atoms with Crippen LogP contribution in [0.5, 0.6) is 5.88 Å². The third kappa shape index (κ3) is 4.21. The molecular weight excluding hydrogens is 526 g/mol. The summed E-state index contributed by atoms with van der Waals surface area (Å²) in [5.41, 5.74) is 6.68. The lowest BCUT2D eigenvalue weighted by Crippen LogP contribution is -2.30. The number of piperidine rings is 1. The molecule has 2 atom stereocenters. The van der Waals surface area contributed by atoms with Gasteiger partial charge in [-0.25, -0.2) is 9.98 Å². The first-order valence-electron chi connectivity index (χ1n) is 14.5. The molecule has 1 aliphatic carbocycles. The lowest BCUT2D eigenvalue weighted by molar-refractivity contribution is -0.119. The fourth-order valence-electron chi connectivity index (χ4n) is 7.10. The molecule has 2 aromatic heterocycles. The Labute approximate surface area is 243 Å². The predicted octanol–water partition coefficient (Wildman–Crippen LogP) is 5.78. The molecule has 2 aliphatic heterocycles. The summed E-state index contributed by atoms with van der Waals surface area (Å²) >= 11 is 0. The molecular formula is C34H31N5O3. The van der Waals surface area contributed by atoms with Gasteiger partial charge in [0.05, 0.1) is 23.2 Å². The number of hydrogen-bond acceptors (Lipinski definition) is 6. The summed E-state index contributed by atoms with van der Waals surface area (Å²) in [5.74, 6) is 2.75. The Morgan fingerprint density at radius 2 is 1.93 bits per heavy atom. The van der Waals surface area contributed by atoms with Gasteiger partial charge in [-0.15, -0.1) is 0 Å². The Morgan fingerprint density at radius 1 is 1.10 bits per heavy atom. The molecule has 2 N–H and O–H groups in total. The van der Waals surface area contributed by atoms with Gasteiger partial charge < -0.3 is 24.3 Å². The summed E-state index contributed by atoms with van der Waals surface area (Å²) in [7, 11) is 2.17. The minimum atomic E-state index is 0.0473. The number of H-pyrrole nitrogens is 1. The van der Waals surface area contributed by atoms with Crippen LogP contribution in [0.25, 0.3) is 22.4 Å². The molecule has 3 aromatic carbocycles. The van der Waals surface area contributed by atoms with E-state index in [9.17, 15) is 9.90 Å². The quantitative estimate of drug-likeness (QED) is 0.258. The smallest absolute Gasteiger partial charge is 0.227 e. The van der Waals surface area contributed by atoms with Crippen molar-refractivity contribution in [1.29, 1.82) is 0 Å². The maximum absolute atomic E-state index is 13.3. The number of nitrogens with zero attached hydrogens (tertiary/aromatic N) is 4. The SMILES string of the molecule is CN1CC2C(CC(=O)N3CCc4cc(N=C(c5ccccc5)c5c(O)[nH]c6cc(-c7ncco7)ccc56)ccc43)C2C1. The van der Waals surface area contributed by atoms with Crippen molar-refractivity contribution < 1.29 is 14.3 Å². The fourth-order valence-corrected chi connectivity index (χ4v) is 7.10. The average Bonchev–Trinajstić information content (AvgIpc) is 3.60. The van der Waals surface area contributed by atoms with E-state index in [1.807, 2.05) is 65.6 Å². The van der Waals surface area contributed by atoms with Crippen molar-refractivity contribution in [1.82, 2.24) is 14.9 Å². The van der Waals surface area contributed by atoms with E-state index >= 15 is 0 Å². The molecule has 4 heterocycles. The van der Waals surface area contributed by atoms with Gasteiger partial charge in [-0.2, -0.15) is 0 Å². The van der Waals surface area contributed by atoms with Crippen LogP contribution < -0.4 is 4.90 Å². The van der Waals surface area contributed by atoms with Crippen molar-refractivity contribution in [2.75, 3.05) is 31.6 Å². The van der Waals surface area contributed by atoms with Crippen molar-refractivity contribution >= 4 is 33.9 Å². The lowest BCUT2D eigenvalue weighted by atomic mass is 10.00. The van der Waals surface area contributed by atoms with Crippen LogP contribution in [-0.4, -0.2) is 58.3 Å². The van der Waals surface area contributed by atoms with Crippen LogP contribution in [0.15, 0.2) is 88.6 Å². The van der Waals surface area contributed by atoms with Gasteiger partial charge in [-0.1, -0.05) is 36.4 Å². The Hall–Kier alpha value is -4.69. The topological polar surface area (TPSA) is 98.0 Å².